The quantitative estimate of drug-likeness (QED) is 0.369. The molecule has 1 aliphatic rings. The predicted octanol–water partition coefficient (Wildman–Crippen LogP) is 5.60. The Morgan fingerprint density at radius 3 is 2.39 bits per heavy atom. The van der Waals surface area contributed by atoms with E-state index in [1.54, 1.807) is 18.9 Å². The number of benzene rings is 3. The largest absolute Gasteiger partial charge is 0.497 e. The summed E-state index contributed by atoms with van der Waals surface area (Å²) in [6, 6.07) is 26.4. The maximum atomic E-state index is 13.5. The maximum Gasteiger partial charge on any atom is 0.273 e. The average molecular weight is 456 g/mol. The fourth-order valence-corrected chi connectivity index (χ4v) is 4.83. The van der Waals surface area contributed by atoms with E-state index in [0.29, 0.717) is 12.2 Å². The van der Waals surface area contributed by atoms with Gasteiger partial charge in [0.05, 0.1) is 18.8 Å². The van der Waals surface area contributed by atoms with Crippen LogP contribution < -0.4 is 4.74 Å². The highest BCUT2D eigenvalue weighted by atomic mass is 32.2. The lowest BCUT2D eigenvalue weighted by Gasteiger charge is -2.26. The van der Waals surface area contributed by atoms with Gasteiger partial charge in [-0.3, -0.25) is 9.89 Å². The number of aromatic amines is 1. The molecule has 0 saturated heterocycles. The molecule has 166 valence electrons. The lowest BCUT2D eigenvalue weighted by Crippen LogP contribution is -2.31. The number of carbonyl (C=O) groups excluding carboxylic acids is 1. The molecule has 2 heterocycles. The first-order chi connectivity index (χ1) is 16.2. The Labute approximate surface area is 197 Å². The smallest absolute Gasteiger partial charge is 0.273 e. The summed E-state index contributed by atoms with van der Waals surface area (Å²) in [5, 5.41) is 7.59. The highest BCUT2D eigenvalue weighted by molar-refractivity contribution is 7.98. The van der Waals surface area contributed by atoms with Crippen LogP contribution in [0, 0.1) is 0 Å². The summed E-state index contributed by atoms with van der Waals surface area (Å²) >= 11 is 1.71. The van der Waals surface area contributed by atoms with Crippen LogP contribution in [0.1, 0.15) is 33.2 Å². The van der Waals surface area contributed by atoms with Gasteiger partial charge in [0.2, 0.25) is 0 Å². The standard InChI is InChI=1S/C27H25N3O2S/c1-32-21-12-8-18(9-13-21)16-17-30-26(20-10-14-22(33-2)15-11-20)23-24(19-6-4-3-5-7-19)28-29-25(23)27(30)31/h3-15,26H,16-17H2,1-2H3,(H,28,29). The fourth-order valence-electron chi connectivity index (χ4n) is 4.42. The molecule has 1 atom stereocenters. The minimum Gasteiger partial charge on any atom is -0.497 e. The fraction of sp³-hybridized carbons (Fsp3) is 0.185. The molecule has 1 aromatic heterocycles. The molecule has 4 aromatic rings. The number of fused-ring (bicyclic) bond motifs is 1. The number of nitrogens with one attached hydrogen (secondary N) is 1. The normalized spacial score (nSPS) is 15.0. The van der Waals surface area contributed by atoms with Gasteiger partial charge in [-0.1, -0.05) is 54.6 Å². The van der Waals surface area contributed by atoms with E-state index < -0.39 is 0 Å². The van der Waals surface area contributed by atoms with Gasteiger partial charge in [-0.05, 0) is 48.1 Å². The van der Waals surface area contributed by atoms with E-state index >= 15 is 0 Å². The van der Waals surface area contributed by atoms with Crippen LogP contribution in [0.15, 0.2) is 83.8 Å². The molecule has 0 saturated carbocycles. The number of thioether (sulfide) groups is 1. The van der Waals surface area contributed by atoms with Crippen molar-refractivity contribution in [1.29, 1.82) is 0 Å². The Hall–Kier alpha value is -3.51. The molecule has 3 aromatic carbocycles. The molecule has 6 heteroatoms. The monoisotopic (exact) mass is 455 g/mol. The van der Waals surface area contributed by atoms with Crippen LogP contribution in [0.5, 0.6) is 5.75 Å². The van der Waals surface area contributed by atoms with Gasteiger partial charge >= 0.3 is 0 Å². The minimum absolute atomic E-state index is 0.00728. The summed E-state index contributed by atoms with van der Waals surface area (Å²) in [6.45, 7) is 0.608. The molecule has 5 rings (SSSR count). The van der Waals surface area contributed by atoms with Crippen LogP contribution in [0.2, 0.25) is 0 Å². The first kappa shape index (κ1) is 21.3. The van der Waals surface area contributed by atoms with Gasteiger partial charge in [-0.2, -0.15) is 5.10 Å². The SMILES string of the molecule is COc1ccc(CCN2C(=O)c3[nH]nc(-c4ccccc4)c3C2c2ccc(SC)cc2)cc1. The van der Waals surface area contributed by atoms with Crippen molar-refractivity contribution < 1.29 is 9.53 Å². The summed E-state index contributed by atoms with van der Waals surface area (Å²) < 4.78 is 5.27. The number of hydrogen-bond acceptors (Lipinski definition) is 4. The van der Waals surface area contributed by atoms with E-state index in [1.807, 2.05) is 47.4 Å². The zero-order chi connectivity index (χ0) is 22.8. The highest BCUT2D eigenvalue weighted by Crippen LogP contribution is 2.43. The maximum absolute atomic E-state index is 13.5. The van der Waals surface area contributed by atoms with E-state index in [0.717, 1.165) is 40.1 Å². The van der Waals surface area contributed by atoms with E-state index in [2.05, 4.69) is 52.9 Å². The number of carbonyl (C=O) groups is 1. The molecular formula is C27H25N3O2S. The molecule has 0 fully saturated rings. The molecule has 0 aliphatic carbocycles. The van der Waals surface area contributed by atoms with Gasteiger partial charge < -0.3 is 9.64 Å². The van der Waals surface area contributed by atoms with Gasteiger partial charge in [0.25, 0.3) is 5.91 Å². The van der Waals surface area contributed by atoms with E-state index in [4.69, 9.17) is 4.74 Å². The molecular weight excluding hydrogens is 430 g/mol. The second kappa shape index (κ2) is 9.16. The summed E-state index contributed by atoms with van der Waals surface area (Å²) in [5.74, 6) is 0.823. The molecule has 0 bridgehead atoms. The van der Waals surface area contributed by atoms with E-state index in [1.165, 1.54) is 4.90 Å². The van der Waals surface area contributed by atoms with Crippen LogP contribution in [0.3, 0.4) is 0 Å². The number of rotatable bonds is 7. The second-order valence-electron chi connectivity index (χ2n) is 8.00. The predicted molar refractivity (Wildman–Crippen MR) is 132 cm³/mol. The molecule has 0 spiro atoms. The van der Waals surface area contributed by atoms with Crippen molar-refractivity contribution in [3.8, 4) is 17.0 Å². The number of nitrogens with zero attached hydrogens (tertiary/aromatic N) is 2. The first-order valence-electron chi connectivity index (χ1n) is 10.9. The average Bonchev–Trinajstić information content (AvgIpc) is 3.42. The Bertz CT molecular complexity index is 1250. The van der Waals surface area contributed by atoms with Crippen LogP contribution in [-0.4, -0.2) is 40.9 Å². The van der Waals surface area contributed by atoms with Crippen LogP contribution >= 0.6 is 11.8 Å². The Balaban J connectivity index is 1.52. The number of hydrogen-bond donors (Lipinski definition) is 1. The molecule has 1 amide bonds. The zero-order valence-electron chi connectivity index (χ0n) is 18.6. The van der Waals surface area contributed by atoms with Crippen molar-refractivity contribution in [3.05, 3.63) is 101 Å². The molecule has 0 radical (unpaired) electrons. The summed E-state index contributed by atoms with van der Waals surface area (Å²) in [7, 11) is 1.66. The third-order valence-electron chi connectivity index (χ3n) is 6.14. The van der Waals surface area contributed by atoms with Gasteiger partial charge in [0.1, 0.15) is 11.4 Å². The third-order valence-corrected chi connectivity index (χ3v) is 6.89. The van der Waals surface area contributed by atoms with Crippen LogP contribution in [-0.2, 0) is 6.42 Å². The molecule has 33 heavy (non-hydrogen) atoms. The summed E-state index contributed by atoms with van der Waals surface area (Å²) in [5.41, 5.74) is 5.64. The summed E-state index contributed by atoms with van der Waals surface area (Å²) in [6.07, 6.45) is 2.82. The number of H-pyrrole nitrogens is 1. The molecule has 1 unspecified atom stereocenters. The van der Waals surface area contributed by atoms with Gasteiger partial charge in [0, 0.05) is 22.6 Å². The van der Waals surface area contributed by atoms with Gasteiger partial charge in [-0.25, -0.2) is 0 Å². The Morgan fingerprint density at radius 1 is 1.00 bits per heavy atom. The highest BCUT2D eigenvalue weighted by Gasteiger charge is 2.41. The number of amides is 1. The van der Waals surface area contributed by atoms with Crippen molar-refractivity contribution in [2.24, 2.45) is 0 Å². The lowest BCUT2D eigenvalue weighted by molar-refractivity contribution is 0.0746. The number of aromatic nitrogens is 2. The van der Waals surface area contributed by atoms with Crippen LogP contribution in [0.4, 0.5) is 0 Å². The Kier molecular flexibility index (Phi) is 5.92. The van der Waals surface area contributed by atoms with Crippen molar-refractivity contribution >= 4 is 17.7 Å². The molecule has 5 nitrogen and oxygen atoms in total. The van der Waals surface area contributed by atoms with Crippen molar-refractivity contribution in [2.75, 3.05) is 19.9 Å². The van der Waals surface area contributed by atoms with Gasteiger partial charge in [-0.15, -0.1) is 11.8 Å². The van der Waals surface area contributed by atoms with Crippen molar-refractivity contribution in [3.63, 3.8) is 0 Å². The van der Waals surface area contributed by atoms with Gasteiger partial charge in [0.15, 0.2) is 0 Å². The lowest BCUT2D eigenvalue weighted by atomic mass is 9.96. The first-order valence-corrected chi connectivity index (χ1v) is 12.1. The second-order valence-corrected chi connectivity index (χ2v) is 8.88. The van der Waals surface area contributed by atoms with Crippen LogP contribution in [0.25, 0.3) is 11.3 Å². The zero-order valence-corrected chi connectivity index (χ0v) is 19.4. The van der Waals surface area contributed by atoms with E-state index in [-0.39, 0.29) is 11.9 Å². The molecule has 1 aliphatic heterocycles. The minimum atomic E-state index is -0.185. The molecule has 1 N–H and O–H groups in total. The number of ether oxygens (including phenoxy) is 1. The summed E-state index contributed by atoms with van der Waals surface area (Å²) in [4.78, 5) is 16.7. The Morgan fingerprint density at radius 2 is 1.73 bits per heavy atom. The van der Waals surface area contributed by atoms with E-state index in [9.17, 15) is 4.79 Å². The van der Waals surface area contributed by atoms with Crippen molar-refractivity contribution in [2.45, 2.75) is 17.4 Å². The number of methoxy groups -OCH3 is 1. The topological polar surface area (TPSA) is 58.2 Å². The third kappa shape index (κ3) is 4.02. The van der Waals surface area contributed by atoms with Crippen molar-refractivity contribution in [1.82, 2.24) is 15.1 Å².